The van der Waals surface area contributed by atoms with Crippen LogP contribution in [0.2, 0.25) is 0 Å². The Morgan fingerprint density at radius 3 is 2.62 bits per heavy atom. The van der Waals surface area contributed by atoms with Gasteiger partial charge in [-0.3, -0.25) is 4.79 Å². The largest absolute Gasteiger partial charge is 0.394 e. The normalized spacial score (nSPS) is 16.2. The van der Waals surface area contributed by atoms with Gasteiger partial charge in [0, 0.05) is 32.1 Å². The SMILES string of the molecule is Cc1ccc(CCC(=O)NC2CCN(CCOCCO)CC2)cc1. The van der Waals surface area contributed by atoms with Crippen molar-refractivity contribution in [3.05, 3.63) is 35.4 Å². The molecule has 1 aromatic carbocycles. The van der Waals surface area contributed by atoms with Gasteiger partial charge < -0.3 is 20.1 Å². The predicted molar refractivity (Wildman–Crippen MR) is 95.0 cm³/mol. The third kappa shape index (κ3) is 6.99. The monoisotopic (exact) mass is 334 g/mol. The van der Waals surface area contributed by atoms with Gasteiger partial charge in [0.1, 0.15) is 0 Å². The molecule has 0 radical (unpaired) electrons. The molecule has 0 aliphatic carbocycles. The van der Waals surface area contributed by atoms with E-state index >= 15 is 0 Å². The zero-order chi connectivity index (χ0) is 17.2. The molecule has 1 heterocycles. The van der Waals surface area contributed by atoms with Gasteiger partial charge in [-0.1, -0.05) is 29.8 Å². The maximum absolute atomic E-state index is 12.1. The molecular weight excluding hydrogens is 304 g/mol. The summed E-state index contributed by atoms with van der Waals surface area (Å²) < 4.78 is 5.30. The maximum Gasteiger partial charge on any atom is 0.220 e. The van der Waals surface area contributed by atoms with E-state index in [0.717, 1.165) is 38.9 Å². The van der Waals surface area contributed by atoms with Gasteiger partial charge >= 0.3 is 0 Å². The fraction of sp³-hybridized carbons (Fsp3) is 0.632. The maximum atomic E-state index is 12.1. The number of ether oxygens (including phenoxy) is 1. The highest BCUT2D eigenvalue weighted by Crippen LogP contribution is 2.11. The van der Waals surface area contributed by atoms with Gasteiger partial charge in [0.2, 0.25) is 5.91 Å². The Bertz CT molecular complexity index is 482. The molecule has 2 N–H and O–H groups in total. The van der Waals surface area contributed by atoms with Crippen LogP contribution < -0.4 is 5.32 Å². The summed E-state index contributed by atoms with van der Waals surface area (Å²) in [6.45, 7) is 6.10. The van der Waals surface area contributed by atoms with Crippen LogP contribution in [0, 0.1) is 6.92 Å². The number of rotatable bonds is 9. The van der Waals surface area contributed by atoms with Gasteiger partial charge in [-0.15, -0.1) is 0 Å². The summed E-state index contributed by atoms with van der Waals surface area (Å²) in [5, 5.41) is 11.8. The number of piperidine rings is 1. The summed E-state index contributed by atoms with van der Waals surface area (Å²) >= 11 is 0. The van der Waals surface area contributed by atoms with Crippen molar-refractivity contribution in [2.24, 2.45) is 0 Å². The lowest BCUT2D eigenvalue weighted by Gasteiger charge is -2.32. The highest BCUT2D eigenvalue weighted by atomic mass is 16.5. The number of amides is 1. The number of hydrogen-bond acceptors (Lipinski definition) is 4. The summed E-state index contributed by atoms with van der Waals surface area (Å²) in [6, 6.07) is 8.67. The standard InChI is InChI=1S/C19H30N2O3/c1-16-2-4-17(5-3-16)6-7-19(23)20-18-8-10-21(11-9-18)12-14-24-15-13-22/h2-5,18,22H,6-15H2,1H3,(H,20,23). The third-order valence-electron chi connectivity index (χ3n) is 4.50. The van der Waals surface area contributed by atoms with Crippen LogP contribution in [0.4, 0.5) is 0 Å². The number of aliphatic hydroxyl groups is 1. The molecule has 1 amide bonds. The Hall–Kier alpha value is -1.43. The van der Waals surface area contributed by atoms with Crippen LogP contribution in [-0.4, -0.2) is 61.4 Å². The fourth-order valence-corrected chi connectivity index (χ4v) is 2.97. The van der Waals surface area contributed by atoms with Crippen LogP contribution in [0.1, 0.15) is 30.4 Å². The van der Waals surface area contributed by atoms with Crippen LogP contribution in [0.25, 0.3) is 0 Å². The minimum atomic E-state index is 0.0801. The first-order valence-electron chi connectivity index (χ1n) is 8.93. The van der Waals surface area contributed by atoms with Crippen molar-refractivity contribution in [2.45, 2.75) is 38.6 Å². The van der Waals surface area contributed by atoms with Crippen LogP contribution in [0.5, 0.6) is 0 Å². The van der Waals surface area contributed by atoms with Gasteiger partial charge in [-0.2, -0.15) is 0 Å². The molecular formula is C19H30N2O3. The molecule has 5 nitrogen and oxygen atoms in total. The summed E-state index contributed by atoms with van der Waals surface area (Å²) in [6.07, 6.45) is 3.35. The summed E-state index contributed by atoms with van der Waals surface area (Å²) in [4.78, 5) is 14.5. The molecule has 1 aliphatic heterocycles. The molecule has 5 heteroatoms. The highest BCUT2D eigenvalue weighted by molar-refractivity contribution is 5.76. The van der Waals surface area contributed by atoms with Crippen molar-refractivity contribution < 1.29 is 14.6 Å². The minimum absolute atomic E-state index is 0.0801. The molecule has 1 fully saturated rings. The van der Waals surface area contributed by atoms with Gasteiger partial charge in [0.05, 0.1) is 19.8 Å². The molecule has 134 valence electrons. The lowest BCUT2D eigenvalue weighted by atomic mass is 10.0. The molecule has 1 aromatic rings. The van der Waals surface area contributed by atoms with Crippen LogP contribution in [0.3, 0.4) is 0 Å². The first kappa shape index (κ1) is 18.9. The van der Waals surface area contributed by atoms with E-state index in [9.17, 15) is 4.79 Å². The molecule has 24 heavy (non-hydrogen) atoms. The lowest BCUT2D eigenvalue weighted by molar-refractivity contribution is -0.122. The lowest BCUT2D eigenvalue weighted by Crippen LogP contribution is -2.45. The zero-order valence-corrected chi connectivity index (χ0v) is 14.7. The molecule has 0 spiro atoms. The number of carbonyl (C=O) groups is 1. The Balaban J connectivity index is 1.59. The second-order valence-electron chi connectivity index (χ2n) is 6.51. The second-order valence-corrected chi connectivity index (χ2v) is 6.51. The van der Waals surface area contributed by atoms with E-state index in [1.165, 1.54) is 11.1 Å². The van der Waals surface area contributed by atoms with Crippen LogP contribution in [0.15, 0.2) is 24.3 Å². The summed E-state index contributed by atoms with van der Waals surface area (Å²) in [7, 11) is 0. The number of likely N-dealkylation sites (tertiary alicyclic amines) is 1. The van der Waals surface area contributed by atoms with Crippen molar-refractivity contribution in [3.63, 3.8) is 0 Å². The molecule has 0 atom stereocenters. The van der Waals surface area contributed by atoms with Gasteiger partial charge in [0.15, 0.2) is 0 Å². The topological polar surface area (TPSA) is 61.8 Å². The van der Waals surface area contributed by atoms with Crippen LogP contribution in [-0.2, 0) is 16.0 Å². The number of hydrogen-bond donors (Lipinski definition) is 2. The van der Waals surface area contributed by atoms with E-state index in [0.29, 0.717) is 25.7 Å². The zero-order valence-electron chi connectivity index (χ0n) is 14.7. The van der Waals surface area contributed by atoms with Gasteiger partial charge in [-0.25, -0.2) is 0 Å². The van der Waals surface area contributed by atoms with Gasteiger partial charge in [0.25, 0.3) is 0 Å². The quantitative estimate of drug-likeness (QED) is 0.672. The Kier molecular flexibility index (Phi) is 8.22. The number of nitrogens with one attached hydrogen (secondary N) is 1. The Morgan fingerprint density at radius 2 is 1.96 bits per heavy atom. The average molecular weight is 334 g/mol. The highest BCUT2D eigenvalue weighted by Gasteiger charge is 2.20. The molecule has 1 aliphatic rings. The molecule has 1 saturated heterocycles. The Labute approximate surface area is 145 Å². The minimum Gasteiger partial charge on any atom is -0.394 e. The summed E-state index contributed by atoms with van der Waals surface area (Å²) in [5.74, 6) is 0.153. The van der Waals surface area contributed by atoms with E-state index < -0.39 is 0 Å². The predicted octanol–water partition coefficient (Wildman–Crippen LogP) is 1.52. The second kappa shape index (κ2) is 10.4. The number of carbonyl (C=O) groups excluding carboxylic acids is 1. The van der Waals surface area contributed by atoms with E-state index in [2.05, 4.69) is 41.4 Å². The number of aliphatic hydroxyl groups excluding tert-OH is 1. The van der Waals surface area contributed by atoms with E-state index in [4.69, 9.17) is 9.84 Å². The van der Waals surface area contributed by atoms with Crippen LogP contribution >= 0.6 is 0 Å². The number of benzene rings is 1. The first-order valence-corrected chi connectivity index (χ1v) is 8.93. The van der Waals surface area contributed by atoms with Crippen molar-refractivity contribution in [1.82, 2.24) is 10.2 Å². The fourth-order valence-electron chi connectivity index (χ4n) is 2.97. The molecule has 0 bridgehead atoms. The molecule has 2 rings (SSSR count). The number of aryl methyl sites for hydroxylation is 2. The van der Waals surface area contributed by atoms with Crippen molar-refractivity contribution in [2.75, 3.05) is 39.5 Å². The van der Waals surface area contributed by atoms with E-state index in [1.807, 2.05) is 0 Å². The van der Waals surface area contributed by atoms with E-state index in [-0.39, 0.29) is 12.5 Å². The van der Waals surface area contributed by atoms with Gasteiger partial charge in [-0.05, 0) is 31.7 Å². The average Bonchev–Trinajstić information content (AvgIpc) is 2.60. The molecule has 0 saturated carbocycles. The molecule has 0 unspecified atom stereocenters. The Morgan fingerprint density at radius 1 is 1.25 bits per heavy atom. The number of nitrogens with zero attached hydrogens (tertiary/aromatic N) is 1. The van der Waals surface area contributed by atoms with Crippen molar-refractivity contribution in [3.8, 4) is 0 Å². The van der Waals surface area contributed by atoms with E-state index in [1.54, 1.807) is 0 Å². The smallest absolute Gasteiger partial charge is 0.220 e. The van der Waals surface area contributed by atoms with Crippen molar-refractivity contribution >= 4 is 5.91 Å². The molecule has 0 aromatic heterocycles. The first-order chi connectivity index (χ1) is 11.7. The van der Waals surface area contributed by atoms with Crippen molar-refractivity contribution in [1.29, 1.82) is 0 Å². The summed E-state index contributed by atoms with van der Waals surface area (Å²) in [5.41, 5.74) is 2.46. The third-order valence-corrected chi connectivity index (χ3v) is 4.50.